The van der Waals surface area contributed by atoms with E-state index in [9.17, 15) is 17.6 Å². The summed E-state index contributed by atoms with van der Waals surface area (Å²) in [7, 11) is -4.00. The van der Waals surface area contributed by atoms with Crippen LogP contribution in [0.2, 0.25) is 0 Å². The molecule has 2 unspecified atom stereocenters. The Labute approximate surface area is 165 Å². The van der Waals surface area contributed by atoms with Gasteiger partial charge in [0.1, 0.15) is 10.7 Å². The van der Waals surface area contributed by atoms with E-state index in [1.165, 1.54) is 22.9 Å². The van der Waals surface area contributed by atoms with Gasteiger partial charge in [-0.2, -0.15) is 4.31 Å². The van der Waals surface area contributed by atoms with Crippen molar-refractivity contribution >= 4 is 15.9 Å². The average Bonchev–Trinajstić information content (AvgIpc) is 2.73. The minimum Gasteiger partial charge on any atom is -0.379 e. The SMILES string of the molecule is O=C(c1ccc(F)c(S(=O)(=O)N2CCOCC2)c1)N1CCCC2CCCCC21. The standard InChI is InChI=1S/C20H27FN2O4S/c21-17-8-7-16(14-19(17)28(25,26)22-10-12-27-13-11-22)20(24)23-9-3-5-15-4-1-2-6-18(15)23/h7-8,14-15,18H,1-6,9-13H2. The van der Waals surface area contributed by atoms with Crippen LogP contribution in [0.3, 0.4) is 0 Å². The second-order valence-corrected chi connectivity index (χ2v) is 9.82. The number of sulfonamides is 1. The number of rotatable bonds is 3. The number of nitrogens with zero attached hydrogens (tertiary/aromatic N) is 2. The van der Waals surface area contributed by atoms with Gasteiger partial charge in [0.25, 0.3) is 5.91 Å². The van der Waals surface area contributed by atoms with Crippen LogP contribution in [0.15, 0.2) is 23.1 Å². The Morgan fingerprint density at radius 1 is 1.04 bits per heavy atom. The van der Waals surface area contributed by atoms with E-state index in [0.717, 1.165) is 38.2 Å². The molecule has 28 heavy (non-hydrogen) atoms. The molecule has 0 spiro atoms. The van der Waals surface area contributed by atoms with Crippen LogP contribution < -0.4 is 0 Å². The number of ether oxygens (including phenoxy) is 1. The Bertz CT molecular complexity index is 837. The van der Waals surface area contributed by atoms with Gasteiger partial charge >= 0.3 is 0 Å². The highest BCUT2D eigenvalue weighted by Crippen LogP contribution is 2.36. The fourth-order valence-electron chi connectivity index (χ4n) is 4.80. The van der Waals surface area contributed by atoms with Gasteiger partial charge in [0, 0.05) is 31.2 Å². The quantitative estimate of drug-likeness (QED) is 0.768. The Morgan fingerprint density at radius 2 is 1.75 bits per heavy atom. The molecule has 3 aliphatic rings. The van der Waals surface area contributed by atoms with Crippen molar-refractivity contribution in [3.05, 3.63) is 29.6 Å². The molecule has 1 saturated carbocycles. The van der Waals surface area contributed by atoms with Crippen molar-refractivity contribution in [3.63, 3.8) is 0 Å². The van der Waals surface area contributed by atoms with Gasteiger partial charge in [-0.15, -0.1) is 0 Å². The van der Waals surface area contributed by atoms with Crippen LogP contribution in [0.4, 0.5) is 4.39 Å². The third kappa shape index (κ3) is 3.69. The molecule has 0 aromatic heterocycles. The average molecular weight is 411 g/mol. The van der Waals surface area contributed by atoms with Crippen LogP contribution >= 0.6 is 0 Å². The maximum Gasteiger partial charge on any atom is 0.254 e. The summed E-state index contributed by atoms with van der Waals surface area (Å²) in [4.78, 5) is 14.7. The highest BCUT2D eigenvalue weighted by atomic mass is 32.2. The lowest BCUT2D eigenvalue weighted by molar-refractivity contribution is 0.0390. The zero-order valence-electron chi connectivity index (χ0n) is 16.0. The lowest BCUT2D eigenvalue weighted by Crippen LogP contribution is -2.49. The number of carbonyl (C=O) groups excluding carboxylic acids is 1. The number of benzene rings is 1. The Hall–Kier alpha value is -1.51. The van der Waals surface area contributed by atoms with Crippen molar-refractivity contribution in [1.29, 1.82) is 0 Å². The molecule has 6 nitrogen and oxygen atoms in total. The third-order valence-electron chi connectivity index (χ3n) is 6.27. The van der Waals surface area contributed by atoms with E-state index in [1.807, 2.05) is 4.90 Å². The number of hydrogen-bond donors (Lipinski definition) is 0. The second-order valence-electron chi connectivity index (χ2n) is 7.91. The summed E-state index contributed by atoms with van der Waals surface area (Å²) in [6, 6.07) is 3.94. The minimum atomic E-state index is -4.00. The van der Waals surface area contributed by atoms with Crippen LogP contribution in [0.5, 0.6) is 0 Å². The normalized spacial score (nSPS) is 26.7. The number of morpholine rings is 1. The molecule has 2 atom stereocenters. The summed E-state index contributed by atoms with van der Waals surface area (Å²) in [5.41, 5.74) is 0.249. The first-order valence-corrected chi connectivity index (χ1v) is 11.6. The highest BCUT2D eigenvalue weighted by Gasteiger charge is 2.37. The largest absolute Gasteiger partial charge is 0.379 e. The van der Waals surface area contributed by atoms with Gasteiger partial charge in [-0.1, -0.05) is 12.8 Å². The molecule has 1 aliphatic carbocycles. The van der Waals surface area contributed by atoms with E-state index in [0.29, 0.717) is 12.5 Å². The number of hydrogen-bond acceptors (Lipinski definition) is 4. The summed E-state index contributed by atoms with van der Waals surface area (Å²) >= 11 is 0. The fourth-order valence-corrected chi connectivity index (χ4v) is 6.30. The van der Waals surface area contributed by atoms with Gasteiger partial charge < -0.3 is 9.64 Å². The van der Waals surface area contributed by atoms with Crippen molar-refractivity contribution in [3.8, 4) is 0 Å². The first-order valence-electron chi connectivity index (χ1n) is 10.2. The van der Waals surface area contributed by atoms with Gasteiger partial charge in [-0.05, 0) is 49.8 Å². The molecule has 0 bridgehead atoms. The lowest BCUT2D eigenvalue weighted by Gasteiger charge is -2.44. The predicted octanol–water partition coefficient (Wildman–Crippen LogP) is 2.64. The molecule has 2 heterocycles. The number of halogens is 1. The monoisotopic (exact) mass is 410 g/mol. The summed E-state index contributed by atoms with van der Waals surface area (Å²) in [6.45, 7) is 1.64. The molecule has 3 fully saturated rings. The number of carbonyl (C=O) groups is 1. The molecule has 154 valence electrons. The summed E-state index contributed by atoms with van der Waals surface area (Å²) in [6.07, 6.45) is 6.58. The number of likely N-dealkylation sites (tertiary alicyclic amines) is 1. The molecule has 2 saturated heterocycles. The van der Waals surface area contributed by atoms with Crippen molar-refractivity contribution in [2.45, 2.75) is 49.5 Å². The van der Waals surface area contributed by atoms with Crippen LogP contribution in [-0.4, -0.2) is 62.4 Å². The van der Waals surface area contributed by atoms with Crippen molar-refractivity contribution in [1.82, 2.24) is 9.21 Å². The molecule has 2 aliphatic heterocycles. The molecule has 8 heteroatoms. The smallest absolute Gasteiger partial charge is 0.254 e. The van der Waals surface area contributed by atoms with Crippen LogP contribution in [0.1, 0.15) is 48.9 Å². The topological polar surface area (TPSA) is 66.9 Å². The van der Waals surface area contributed by atoms with Gasteiger partial charge in [0.05, 0.1) is 13.2 Å². The third-order valence-corrected chi connectivity index (χ3v) is 8.18. The fraction of sp³-hybridized carbons (Fsp3) is 0.650. The summed E-state index contributed by atoms with van der Waals surface area (Å²) in [5, 5.41) is 0. The zero-order valence-corrected chi connectivity index (χ0v) is 16.8. The Balaban J connectivity index is 1.62. The maximum absolute atomic E-state index is 14.4. The van der Waals surface area contributed by atoms with Gasteiger partial charge in [0.15, 0.2) is 0 Å². The maximum atomic E-state index is 14.4. The first-order chi connectivity index (χ1) is 13.5. The molecule has 4 rings (SSSR count). The van der Waals surface area contributed by atoms with Crippen LogP contribution in [-0.2, 0) is 14.8 Å². The molecule has 0 N–H and O–H groups in total. The van der Waals surface area contributed by atoms with Crippen molar-refractivity contribution in [2.75, 3.05) is 32.8 Å². The molecular weight excluding hydrogens is 383 g/mol. The number of amides is 1. The van der Waals surface area contributed by atoms with E-state index in [-0.39, 0.29) is 43.8 Å². The predicted molar refractivity (Wildman–Crippen MR) is 102 cm³/mol. The summed E-state index contributed by atoms with van der Waals surface area (Å²) < 4.78 is 46.6. The Kier molecular flexibility index (Phi) is 5.71. The molecule has 0 radical (unpaired) electrons. The van der Waals surface area contributed by atoms with E-state index in [4.69, 9.17) is 4.74 Å². The molecule has 1 aromatic carbocycles. The van der Waals surface area contributed by atoms with Gasteiger partial charge in [-0.25, -0.2) is 12.8 Å². The van der Waals surface area contributed by atoms with Crippen LogP contribution in [0.25, 0.3) is 0 Å². The molecule has 1 aromatic rings. The van der Waals surface area contributed by atoms with E-state index < -0.39 is 20.7 Å². The van der Waals surface area contributed by atoms with Crippen LogP contribution in [0, 0.1) is 11.7 Å². The van der Waals surface area contributed by atoms with E-state index in [1.54, 1.807) is 0 Å². The highest BCUT2D eigenvalue weighted by molar-refractivity contribution is 7.89. The second kappa shape index (κ2) is 8.08. The van der Waals surface area contributed by atoms with E-state index in [2.05, 4.69) is 0 Å². The van der Waals surface area contributed by atoms with E-state index >= 15 is 0 Å². The van der Waals surface area contributed by atoms with Crippen molar-refractivity contribution < 1.29 is 22.3 Å². The lowest BCUT2D eigenvalue weighted by atomic mass is 9.78. The van der Waals surface area contributed by atoms with Crippen molar-refractivity contribution in [2.24, 2.45) is 5.92 Å². The minimum absolute atomic E-state index is 0.185. The molecular formula is C20H27FN2O4S. The van der Waals surface area contributed by atoms with Gasteiger partial charge in [-0.3, -0.25) is 4.79 Å². The molecule has 1 amide bonds. The number of piperidine rings is 1. The van der Waals surface area contributed by atoms with Gasteiger partial charge in [0.2, 0.25) is 10.0 Å². The zero-order chi connectivity index (χ0) is 19.7. The Morgan fingerprint density at radius 3 is 2.54 bits per heavy atom. The number of fused-ring (bicyclic) bond motifs is 1. The summed E-state index contributed by atoms with van der Waals surface area (Å²) in [5.74, 6) is -0.476. The first kappa shape index (κ1) is 19.8.